The molecule has 2 aliphatic heterocycles. The molecule has 2 atom stereocenters. The summed E-state index contributed by atoms with van der Waals surface area (Å²) in [5, 5.41) is 5.70. The summed E-state index contributed by atoms with van der Waals surface area (Å²) in [7, 11) is 2.24. The largest absolute Gasteiger partial charge is 0.314 e. The topological polar surface area (TPSA) is 18.5 Å². The van der Waals surface area contributed by atoms with Crippen LogP contribution in [-0.2, 0) is 0 Å². The lowest BCUT2D eigenvalue weighted by Gasteiger charge is -2.48. The first-order valence-electron chi connectivity index (χ1n) is 6.03. The molecule has 0 aliphatic carbocycles. The van der Waals surface area contributed by atoms with Crippen molar-refractivity contribution in [3.05, 3.63) is 22.4 Å². The highest BCUT2D eigenvalue weighted by Gasteiger charge is 2.35. The van der Waals surface area contributed by atoms with Gasteiger partial charge in [-0.15, -0.1) is 11.3 Å². The number of rotatable bonds is 1. The average molecular weight is 237 g/mol. The van der Waals surface area contributed by atoms with Gasteiger partial charge in [0, 0.05) is 43.6 Å². The van der Waals surface area contributed by atoms with Crippen molar-refractivity contribution in [2.24, 2.45) is 0 Å². The van der Waals surface area contributed by atoms with Gasteiger partial charge in [-0.25, -0.2) is 0 Å². The van der Waals surface area contributed by atoms with Crippen LogP contribution in [-0.4, -0.2) is 55.6 Å². The molecule has 3 heterocycles. The Morgan fingerprint density at radius 3 is 3.19 bits per heavy atom. The number of likely N-dealkylation sites (N-methyl/N-ethyl adjacent to an activating group) is 1. The lowest BCUT2D eigenvalue weighted by Crippen LogP contribution is -2.61. The average Bonchev–Trinajstić information content (AvgIpc) is 2.81. The third-order valence-electron chi connectivity index (χ3n) is 3.67. The van der Waals surface area contributed by atoms with E-state index in [1.165, 1.54) is 24.5 Å². The molecule has 0 amide bonds. The van der Waals surface area contributed by atoms with Gasteiger partial charge in [-0.05, 0) is 18.5 Å². The quantitative estimate of drug-likeness (QED) is 0.786. The second-order valence-electron chi connectivity index (χ2n) is 4.85. The van der Waals surface area contributed by atoms with Crippen molar-refractivity contribution in [1.29, 1.82) is 0 Å². The zero-order chi connectivity index (χ0) is 11.0. The van der Waals surface area contributed by atoms with E-state index in [2.05, 4.69) is 39.7 Å². The molecule has 3 rings (SSSR count). The van der Waals surface area contributed by atoms with Crippen LogP contribution in [0.5, 0.6) is 0 Å². The van der Waals surface area contributed by atoms with Crippen LogP contribution in [0.15, 0.2) is 17.5 Å². The molecule has 0 bridgehead atoms. The summed E-state index contributed by atoms with van der Waals surface area (Å²) in [4.78, 5) is 6.69. The third-order valence-corrected chi connectivity index (χ3v) is 4.65. The summed E-state index contributed by atoms with van der Waals surface area (Å²) in [6.45, 7) is 5.86. The normalized spacial score (nSPS) is 32.6. The summed E-state index contributed by atoms with van der Waals surface area (Å²) < 4.78 is 0. The van der Waals surface area contributed by atoms with Crippen molar-refractivity contribution >= 4 is 11.3 Å². The van der Waals surface area contributed by atoms with Crippen molar-refractivity contribution in [3.8, 4) is 0 Å². The molecule has 1 aromatic rings. The lowest BCUT2D eigenvalue weighted by atomic mass is 10.0. The summed E-state index contributed by atoms with van der Waals surface area (Å²) >= 11 is 1.90. The van der Waals surface area contributed by atoms with Gasteiger partial charge in [-0.2, -0.15) is 0 Å². The van der Waals surface area contributed by atoms with Crippen molar-refractivity contribution < 1.29 is 0 Å². The maximum atomic E-state index is 3.51. The number of nitrogens with one attached hydrogen (secondary N) is 1. The summed E-state index contributed by atoms with van der Waals surface area (Å²) in [6.07, 6.45) is 0. The van der Waals surface area contributed by atoms with E-state index >= 15 is 0 Å². The minimum atomic E-state index is 0.617. The van der Waals surface area contributed by atoms with Gasteiger partial charge in [0.15, 0.2) is 0 Å². The number of thiophene rings is 1. The fourth-order valence-corrected chi connectivity index (χ4v) is 3.76. The van der Waals surface area contributed by atoms with Gasteiger partial charge < -0.3 is 10.2 Å². The lowest BCUT2D eigenvalue weighted by molar-refractivity contribution is 0.0209. The Balaban J connectivity index is 1.84. The molecular formula is C12H19N3S. The standard InChI is InChI=1S/C12H19N3S/c1-14-8-10-7-13-4-5-15(10)11(9-14)12-3-2-6-16-12/h2-3,6,10-11,13H,4-5,7-9H2,1H3. The molecule has 2 saturated heterocycles. The fourth-order valence-electron chi connectivity index (χ4n) is 2.93. The predicted octanol–water partition coefficient (Wildman–Crippen LogP) is 1.01. The van der Waals surface area contributed by atoms with Crippen molar-refractivity contribution in [2.75, 3.05) is 39.8 Å². The highest BCUT2D eigenvalue weighted by Crippen LogP contribution is 2.31. The minimum absolute atomic E-state index is 0.617. The van der Waals surface area contributed by atoms with Gasteiger partial charge in [0.2, 0.25) is 0 Å². The Hall–Kier alpha value is -0.420. The molecule has 1 N–H and O–H groups in total. The molecule has 1 aromatic heterocycles. The maximum Gasteiger partial charge on any atom is 0.0572 e. The van der Waals surface area contributed by atoms with Crippen LogP contribution >= 0.6 is 11.3 Å². The number of hydrogen-bond acceptors (Lipinski definition) is 4. The first-order chi connectivity index (χ1) is 7.84. The Bertz CT molecular complexity index is 338. The fraction of sp³-hybridized carbons (Fsp3) is 0.667. The maximum absolute atomic E-state index is 3.51. The van der Waals surface area contributed by atoms with E-state index in [1.807, 2.05) is 11.3 Å². The molecule has 0 saturated carbocycles. The van der Waals surface area contributed by atoms with Crippen LogP contribution in [0.1, 0.15) is 10.9 Å². The Morgan fingerprint density at radius 2 is 2.38 bits per heavy atom. The summed E-state index contributed by atoms with van der Waals surface area (Å²) in [6, 6.07) is 5.77. The molecule has 4 heteroatoms. The van der Waals surface area contributed by atoms with Crippen molar-refractivity contribution in [3.63, 3.8) is 0 Å². The third kappa shape index (κ3) is 1.91. The molecule has 3 nitrogen and oxygen atoms in total. The molecule has 0 aromatic carbocycles. The highest BCUT2D eigenvalue weighted by molar-refractivity contribution is 7.10. The zero-order valence-corrected chi connectivity index (χ0v) is 10.5. The monoisotopic (exact) mass is 237 g/mol. The van der Waals surface area contributed by atoms with Crippen LogP contribution in [0, 0.1) is 0 Å². The Labute approximate surface area is 101 Å². The van der Waals surface area contributed by atoms with E-state index in [0.717, 1.165) is 13.1 Å². The molecule has 0 spiro atoms. The molecule has 16 heavy (non-hydrogen) atoms. The van der Waals surface area contributed by atoms with Gasteiger partial charge >= 0.3 is 0 Å². The molecule has 2 unspecified atom stereocenters. The van der Waals surface area contributed by atoms with Gasteiger partial charge in [0.25, 0.3) is 0 Å². The van der Waals surface area contributed by atoms with Gasteiger partial charge in [0.05, 0.1) is 6.04 Å². The van der Waals surface area contributed by atoms with E-state index in [9.17, 15) is 0 Å². The molecule has 2 fully saturated rings. The van der Waals surface area contributed by atoms with Crippen molar-refractivity contribution in [1.82, 2.24) is 15.1 Å². The van der Waals surface area contributed by atoms with Crippen LogP contribution in [0.3, 0.4) is 0 Å². The molecular weight excluding hydrogens is 218 g/mol. The number of hydrogen-bond donors (Lipinski definition) is 1. The van der Waals surface area contributed by atoms with Crippen LogP contribution < -0.4 is 5.32 Å². The highest BCUT2D eigenvalue weighted by atomic mass is 32.1. The van der Waals surface area contributed by atoms with E-state index in [1.54, 1.807) is 0 Å². The van der Waals surface area contributed by atoms with E-state index in [4.69, 9.17) is 0 Å². The number of nitrogens with zero attached hydrogens (tertiary/aromatic N) is 2. The first kappa shape index (κ1) is 10.7. The summed E-state index contributed by atoms with van der Waals surface area (Å²) in [5.74, 6) is 0. The second kappa shape index (κ2) is 4.45. The van der Waals surface area contributed by atoms with E-state index < -0.39 is 0 Å². The molecule has 2 aliphatic rings. The van der Waals surface area contributed by atoms with Crippen LogP contribution in [0.4, 0.5) is 0 Å². The van der Waals surface area contributed by atoms with Gasteiger partial charge in [-0.3, -0.25) is 4.90 Å². The summed E-state index contributed by atoms with van der Waals surface area (Å²) in [5.41, 5.74) is 0. The second-order valence-corrected chi connectivity index (χ2v) is 5.83. The van der Waals surface area contributed by atoms with Gasteiger partial charge in [-0.1, -0.05) is 6.07 Å². The van der Waals surface area contributed by atoms with Gasteiger partial charge in [0.1, 0.15) is 0 Å². The number of piperazine rings is 2. The SMILES string of the molecule is CN1CC2CNCCN2C(c2cccs2)C1. The number of fused-ring (bicyclic) bond motifs is 1. The van der Waals surface area contributed by atoms with Crippen LogP contribution in [0.25, 0.3) is 0 Å². The molecule has 88 valence electrons. The first-order valence-corrected chi connectivity index (χ1v) is 6.91. The van der Waals surface area contributed by atoms with E-state index in [-0.39, 0.29) is 0 Å². The Morgan fingerprint density at radius 1 is 1.44 bits per heavy atom. The predicted molar refractivity (Wildman–Crippen MR) is 67.9 cm³/mol. The van der Waals surface area contributed by atoms with E-state index in [0.29, 0.717) is 12.1 Å². The minimum Gasteiger partial charge on any atom is -0.314 e. The zero-order valence-electron chi connectivity index (χ0n) is 9.72. The molecule has 0 radical (unpaired) electrons. The smallest absolute Gasteiger partial charge is 0.0572 e. The van der Waals surface area contributed by atoms with Crippen LogP contribution in [0.2, 0.25) is 0 Å². The van der Waals surface area contributed by atoms with Crippen molar-refractivity contribution in [2.45, 2.75) is 12.1 Å². The Kier molecular flexibility index (Phi) is 2.98.